The van der Waals surface area contributed by atoms with Crippen molar-refractivity contribution in [3.63, 3.8) is 0 Å². The first kappa shape index (κ1) is 18.5. The van der Waals surface area contributed by atoms with Gasteiger partial charge in [-0.15, -0.1) is 11.8 Å². The second kappa shape index (κ2) is 7.93. The molecule has 0 saturated heterocycles. The van der Waals surface area contributed by atoms with Crippen molar-refractivity contribution < 1.29 is 9.32 Å². The van der Waals surface area contributed by atoms with Crippen LogP contribution in [0.2, 0.25) is 5.02 Å². The van der Waals surface area contributed by atoms with Crippen molar-refractivity contribution in [2.75, 3.05) is 5.32 Å². The molecule has 0 unspecified atom stereocenters. The maximum atomic E-state index is 12.8. The van der Waals surface area contributed by atoms with E-state index in [9.17, 15) is 4.79 Å². The van der Waals surface area contributed by atoms with Crippen LogP contribution in [-0.2, 0) is 5.75 Å². The molecule has 0 atom stereocenters. The predicted molar refractivity (Wildman–Crippen MR) is 104 cm³/mol. The topological polar surface area (TPSA) is 68.0 Å². The number of rotatable bonds is 5. The fourth-order valence-corrected chi connectivity index (χ4v) is 3.76. The highest BCUT2D eigenvalue weighted by Gasteiger charge is 2.16. The van der Waals surface area contributed by atoms with Gasteiger partial charge in [-0.3, -0.25) is 4.79 Å². The summed E-state index contributed by atoms with van der Waals surface area (Å²) < 4.78 is 5.19. The van der Waals surface area contributed by atoms with Gasteiger partial charge < -0.3 is 9.84 Å². The minimum absolute atomic E-state index is 0.218. The number of anilines is 1. The third-order valence-corrected chi connectivity index (χ3v) is 5.26. The number of amides is 1. The Balaban J connectivity index is 1.80. The van der Waals surface area contributed by atoms with Crippen LogP contribution in [0.5, 0.6) is 0 Å². The van der Waals surface area contributed by atoms with Crippen molar-refractivity contribution in [1.82, 2.24) is 10.1 Å². The van der Waals surface area contributed by atoms with E-state index in [0.717, 1.165) is 22.6 Å². The van der Waals surface area contributed by atoms with Gasteiger partial charge in [0.1, 0.15) is 10.8 Å². The van der Waals surface area contributed by atoms with E-state index in [1.54, 1.807) is 30.5 Å². The van der Waals surface area contributed by atoms with Gasteiger partial charge in [0.25, 0.3) is 5.91 Å². The maximum Gasteiger partial charge on any atom is 0.258 e. The number of carbonyl (C=O) groups excluding carboxylic acids is 1. The number of pyridine rings is 1. The fraction of sp³-hybridized carbons (Fsp3) is 0.211. The minimum Gasteiger partial charge on any atom is -0.361 e. The fourth-order valence-electron chi connectivity index (χ4n) is 2.45. The Kier molecular flexibility index (Phi) is 5.64. The number of halogens is 1. The summed E-state index contributed by atoms with van der Waals surface area (Å²) in [4.78, 5) is 17.1. The Morgan fingerprint density at radius 1 is 1.27 bits per heavy atom. The van der Waals surface area contributed by atoms with Crippen LogP contribution in [0.3, 0.4) is 0 Å². The lowest BCUT2D eigenvalue weighted by molar-refractivity contribution is 0.102. The van der Waals surface area contributed by atoms with Gasteiger partial charge in [0.2, 0.25) is 0 Å². The largest absolute Gasteiger partial charge is 0.361 e. The van der Waals surface area contributed by atoms with Gasteiger partial charge in [0, 0.05) is 28.2 Å². The Bertz CT molecular complexity index is 936. The van der Waals surface area contributed by atoms with E-state index in [4.69, 9.17) is 16.1 Å². The van der Waals surface area contributed by atoms with Gasteiger partial charge in [-0.05, 0) is 50.6 Å². The molecule has 134 valence electrons. The molecule has 0 fully saturated rings. The van der Waals surface area contributed by atoms with Crippen molar-refractivity contribution in [1.29, 1.82) is 0 Å². The van der Waals surface area contributed by atoms with Crippen LogP contribution in [0.25, 0.3) is 0 Å². The summed E-state index contributed by atoms with van der Waals surface area (Å²) in [6.07, 6.45) is 1.68. The molecule has 0 aliphatic heterocycles. The summed E-state index contributed by atoms with van der Waals surface area (Å²) >= 11 is 7.51. The number of hydrogen-bond acceptors (Lipinski definition) is 5. The third kappa shape index (κ3) is 4.08. The van der Waals surface area contributed by atoms with Crippen LogP contribution in [0.4, 0.5) is 5.69 Å². The molecule has 7 heteroatoms. The number of benzene rings is 1. The second-order valence-electron chi connectivity index (χ2n) is 5.86. The number of hydrogen-bond donors (Lipinski definition) is 1. The van der Waals surface area contributed by atoms with Crippen molar-refractivity contribution in [2.24, 2.45) is 0 Å². The lowest BCUT2D eigenvalue weighted by Crippen LogP contribution is -2.14. The average Bonchev–Trinajstić information content (AvgIpc) is 2.94. The number of aromatic nitrogens is 2. The van der Waals surface area contributed by atoms with Gasteiger partial charge >= 0.3 is 0 Å². The van der Waals surface area contributed by atoms with Crippen LogP contribution >= 0.6 is 23.4 Å². The monoisotopic (exact) mass is 387 g/mol. The van der Waals surface area contributed by atoms with Gasteiger partial charge in [0.05, 0.1) is 11.3 Å². The summed E-state index contributed by atoms with van der Waals surface area (Å²) in [7, 11) is 0. The summed E-state index contributed by atoms with van der Waals surface area (Å²) in [6.45, 7) is 5.70. The highest BCUT2D eigenvalue weighted by molar-refractivity contribution is 7.98. The molecular weight excluding hydrogens is 370 g/mol. The van der Waals surface area contributed by atoms with Crippen LogP contribution in [0.1, 0.15) is 32.9 Å². The van der Waals surface area contributed by atoms with Crippen LogP contribution in [0, 0.1) is 20.8 Å². The van der Waals surface area contributed by atoms with Crippen LogP contribution < -0.4 is 5.32 Å². The van der Waals surface area contributed by atoms with Gasteiger partial charge in [-0.2, -0.15) is 0 Å². The smallest absolute Gasteiger partial charge is 0.258 e. The Morgan fingerprint density at radius 3 is 2.81 bits per heavy atom. The molecule has 0 saturated carbocycles. The molecule has 1 amide bonds. The second-order valence-corrected chi connectivity index (χ2v) is 7.26. The molecule has 5 nitrogen and oxygen atoms in total. The Hall–Kier alpha value is -2.31. The third-order valence-electron chi connectivity index (χ3n) is 4.00. The zero-order chi connectivity index (χ0) is 18.7. The Labute approximate surface area is 161 Å². The molecule has 1 aromatic carbocycles. The number of nitrogens with zero attached hydrogens (tertiary/aromatic N) is 2. The van der Waals surface area contributed by atoms with Gasteiger partial charge in [-0.1, -0.05) is 22.8 Å². The molecule has 2 aromatic heterocycles. The molecule has 3 rings (SSSR count). The van der Waals surface area contributed by atoms with E-state index in [-0.39, 0.29) is 5.91 Å². The minimum atomic E-state index is -0.218. The van der Waals surface area contributed by atoms with Crippen molar-refractivity contribution in [3.05, 3.63) is 69.7 Å². The first-order valence-electron chi connectivity index (χ1n) is 8.02. The quantitative estimate of drug-likeness (QED) is 0.610. The number of thioether (sulfide) groups is 1. The van der Waals surface area contributed by atoms with Crippen molar-refractivity contribution in [2.45, 2.75) is 31.6 Å². The summed E-state index contributed by atoms with van der Waals surface area (Å²) in [5.74, 6) is 1.20. The lowest BCUT2D eigenvalue weighted by Gasteiger charge is -2.11. The standard InChI is InChI=1S/C19H18ClN3O2S/c1-11-6-7-14(20)9-17(11)22-18(24)15-5-4-8-21-19(15)26-10-16-12(2)23-25-13(16)3/h4-9H,10H2,1-3H3,(H,22,24). The first-order valence-corrected chi connectivity index (χ1v) is 9.39. The van der Waals surface area contributed by atoms with Gasteiger partial charge in [-0.25, -0.2) is 4.98 Å². The molecule has 0 bridgehead atoms. The number of nitrogens with one attached hydrogen (secondary N) is 1. The molecule has 0 aliphatic rings. The average molecular weight is 388 g/mol. The normalized spacial score (nSPS) is 10.8. The first-order chi connectivity index (χ1) is 12.5. The summed E-state index contributed by atoms with van der Waals surface area (Å²) in [5, 5.41) is 8.11. The van der Waals surface area contributed by atoms with E-state index in [1.807, 2.05) is 26.8 Å². The zero-order valence-corrected chi connectivity index (χ0v) is 16.2. The molecule has 0 aliphatic carbocycles. The molecular formula is C19H18ClN3O2S. The molecule has 0 spiro atoms. The predicted octanol–water partition coefficient (Wildman–Crippen LogP) is 5.19. The lowest BCUT2D eigenvalue weighted by atomic mass is 10.2. The summed E-state index contributed by atoms with van der Waals surface area (Å²) in [5.41, 5.74) is 4.03. The van der Waals surface area contributed by atoms with E-state index < -0.39 is 0 Å². The maximum absolute atomic E-state index is 12.8. The molecule has 0 radical (unpaired) electrons. The van der Waals surface area contributed by atoms with E-state index >= 15 is 0 Å². The SMILES string of the molecule is Cc1ccc(Cl)cc1NC(=O)c1cccnc1SCc1c(C)noc1C. The highest BCUT2D eigenvalue weighted by atomic mass is 35.5. The molecule has 3 aromatic rings. The number of carbonyl (C=O) groups is 1. The Morgan fingerprint density at radius 2 is 2.08 bits per heavy atom. The van der Waals surface area contributed by atoms with E-state index in [1.165, 1.54) is 11.8 Å². The summed E-state index contributed by atoms with van der Waals surface area (Å²) in [6, 6.07) is 8.91. The van der Waals surface area contributed by atoms with Crippen LogP contribution in [-0.4, -0.2) is 16.0 Å². The highest BCUT2D eigenvalue weighted by Crippen LogP contribution is 2.28. The van der Waals surface area contributed by atoms with Crippen LogP contribution in [0.15, 0.2) is 46.1 Å². The molecule has 1 N–H and O–H groups in total. The van der Waals surface area contributed by atoms with Crippen molar-refractivity contribution in [3.8, 4) is 0 Å². The van der Waals surface area contributed by atoms with Gasteiger partial charge in [0.15, 0.2) is 0 Å². The van der Waals surface area contributed by atoms with Crippen molar-refractivity contribution >= 4 is 35.0 Å². The molecule has 2 heterocycles. The molecule has 26 heavy (non-hydrogen) atoms. The number of aryl methyl sites for hydroxylation is 3. The zero-order valence-electron chi connectivity index (χ0n) is 14.7. The van der Waals surface area contributed by atoms with E-state index in [0.29, 0.717) is 27.1 Å². The van der Waals surface area contributed by atoms with E-state index in [2.05, 4.69) is 15.5 Å².